The van der Waals surface area contributed by atoms with Crippen molar-refractivity contribution in [2.24, 2.45) is 11.8 Å². The van der Waals surface area contributed by atoms with E-state index in [9.17, 15) is 9.13 Å². The molecule has 2 aliphatic carbocycles. The normalized spacial score (nSPS) is 24.1. The molecule has 2 aliphatic rings. The fraction of sp³-hybridized carbons (Fsp3) is 1.00. The van der Waals surface area contributed by atoms with E-state index in [1.165, 1.54) is 38.5 Å². The van der Waals surface area contributed by atoms with Crippen LogP contribution in [0.4, 0.5) is 0 Å². The molecule has 2 saturated carbocycles. The van der Waals surface area contributed by atoms with E-state index in [0.29, 0.717) is 11.8 Å². The summed E-state index contributed by atoms with van der Waals surface area (Å²) in [6.07, 6.45) is 13.0. The summed E-state index contributed by atoms with van der Waals surface area (Å²) in [4.78, 5) is 0. The van der Waals surface area contributed by atoms with Crippen molar-refractivity contribution in [1.82, 2.24) is 0 Å². The molecule has 0 radical (unpaired) electrons. The largest absolute Gasteiger partial charge is 0.322 e. The van der Waals surface area contributed by atoms with Gasteiger partial charge in [-0.05, 0) is 43.9 Å². The van der Waals surface area contributed by atoms with Crippen LogP contribution < -0.4 is 0 Å². The van der Waals surface area contributed by atoms with E-state index in [4.69, 9.17) is 0 Å². The van der Waals surface area contributed by atoms with Crippen LogP contribution in [0.25, 0.3) is 0 Å². The number of rotatable bonds is 4. The molecule has 0 N–H and O–H groups in total. The van der Waals surface area contributed by atoms with Crippen LogP contribution in [0.3, 0.4) is 0 Å². The minimum absolute atomic E-state index is 0.365. The fourth-order valence-corrected chi connectivity index (χ4v) is 5.91. The topological polar surface area (TPSA) is 34.1 Å². The molecule has 0 aromatic heterocycles. The maximum Gasteiger partial charge on any atom is 0.322 e. The minimum Gasteiger partial charge on any atom is -0.237 e. The van der Waals surface area contributed by atoms with Crippen LogP contribution in [-0.4, -0.2) is 5.16 Å². The van der Waals surface area contributed by atoms with Gasteiger partial charge >= 0.3 is 7.68 Å². The lowest BCUT2D eigenvalue weighted by Crippen LogP contribution is -2.42. The standard InChI is InChI=1S/C15H27O2P/c1-2-15(18(16)17,13-9-5-3-6-10-13)14-11-7-4-8-12-14/h13-14H,2-12H2,1H3. The van der Waals surface area contributed by atoms with E-state index in [2.05, 4.69) is 6.92 Å². The highest BCUT2D eigenvalue weighted by Crippen LogP contribution is 2.54. The molecular weight excluding hydrogens is 243 g/mol. The molecule has 0 unspecified atom stereocenters. The van der Waals surface area contributed by atoms with Gasteiger partial charge in [-0.2, -0.15) is 0 Å². The zero-order chi connectivity index (χ0) is 13.0. The van der Waals surface area contributed by atoms with E-state index in [0.717, 1.165) is 32.1 Å². The summed E-state index contributed by atoms with van der Waals surface area (Å²) in [6, 6.07) is 0. The van der Waals surface area contributed by atoms with Crippen molar-refractivity contribution in [3.05, 3.63) is 0 Å². The van der Waals surface area contributed by atoms with Crippen LogP contribution in [0.2, 0.25) is 0 Å². The van der Waals surface area contributed by atoms with Crippen molar-refractivity contribution in [2.45, 2.75) is 82.7 Å². The molecule has 0 bridgehead atoms. The van der Waals surface area contributed by atoms with Gasteiger partial charge < -0.3 is 0 Å². The first-order chi connectivity index (χ1) is 8.71. The predicted molar refractivity (Wildman–Crippen MR) is 74.5 cm³/mol. The molecule has 0 saturated heterocycles. The Balaban J connectivity index is 2.25. The van der Waals surface area contributed by atoms with E-state index >= 15 is 0 Å². The summed E-state index contributed by atoms with van der Waals surface area (Å²) >= 11 is 0. The van der Waals surface area contributed by atoms with Crippen LogP contribution in [0, 0.1) is 11.8 Å². The van der Waals surface area contributed by atoms with Gasteiger partial charge in [-0.3, -0.25) is 0 Å². The highest BCUT2D eigenvalue weighted by Gasteiger charge is 2.49. The Bertz CT molecular complexity index is 297. The molecule has 2 nitrogen and oxygen atoms in total. The third-order valence-corrected chi connectivity index (χ3v) is 7.26. The highest BCUT2D eigenvalue weighted by atomic mass is 31.1. The van der Waals surface area contributed by atoms with Gasteiger partial charge in [0.1, 0.15) is 0 Å². The molecule has 0 amide bonds. The van der Waals surface area contributed by atoms with Crippen LogP contribution >= 0.6 is 7.68 Å². The lowest BCUT2D eigenvalue weighted by molar-refractivity contribution is 0.159. The van der Waals surface area contributed by atoms with E-state index in [1.54, 1.807) is 0 Å². The van der Waals surface area contributed by atoms with Crippen molar-refractivity contribution < 1.29 is 9.13 Å². The Labute approximate surface area is 112 Å². The number of hydrogen-bond donors (Lipinski definition) is 0. The van der Waals surface area contributed by atoms with E-state index in [-0.39, 0.29) is 5.16 Å². The lowest BCUT2D eigenvalue weighted by Gasteiger charge is -2.43. The molecule has 104 valence electrons. The molecule has 3 heteroatoms. The Kier molecular flexibility index (Phi) is 5.06. The molecule has 0 atom stereocenters. The van der Waals surface area contributed by atoms with E-state index in [1.807, 2.05) is 0 Å². The van der Waals surface area contributed by atoms with Crippen molar-refractivity contribution >= 4 is 7.68 Å². The van der Waals surface area contributed by atoms with Crippen molar-refractivity contribution in [3.8, 4) is 0 Å². The van der Waals surface area contributed by atoms with Gasteiger partial charge in [0.25, 0.3) is 0 Å². The first kappa shape index (κ1) is 14.3. The van der Waals surface area contributed by atoms with Crippen molar-refractivity contribution in [3.63, 3.8) is 0 Å². The molecule has 18 heavy (non-hydrogen) atoms. The summed E-state index contributed by atoms with van der Waals surface area (Å²) in [7, 11) is -2.29. The summed E-state index contributed by atoms with van der Waals surface area (Å²) in [5.41, 5.74) is 0. The fourth-order valence-electron chi connectivity index (χ4n) is 4.54. The molecule has 0 aliphatic heterocycles. The first-order valence-electron chi connectivity index (χ1n) is 7.86. The van der Waals surface area contributed by atoms with E-state index < -0.39 is 7.68 Å². The highest BCUT2D eigenvalue weighted by molar-refractivity contribution is 7.33. The smallest absolute Gasteiger partial charge is 0.237 e. The second-order valence-corrected chi connectivity index (χ2v) is 7.62. The Morgan fingerprint density at radius 2 is 1.22 bits per heavy atom. The van der Waals surface area contributed by atoms with Gasteiger partial charge in [-0.1, -0.05) is 45.4 Å². The second-order valence-electron chi connectivity index (χ2n) is 6.27. The van der Waals surface area contributed by atoms with Gasteiger partial charge in [0.15, 0.2) is 0 Å². The third kappa shape index (κ3) is 2.59. The zero-order valence-corrected chi connectivity index (χ0v) is 12.6. The summed E-state index contributed by atoms with van der Waals surface area (Å²) in [6.45, 7) is 2.11. The number of hydrogen-bond acceptors (Lipinski definition) is 2. The van der Waals surface area contributed by atoms with Crippen LogP contribution in [-0.2, 0) is 9.13 Å². The molecule has 0 spiro atoms. The lowest BCUT2D eigenvalue weighted by atomic mass is 9.68. The summed E-state index contributed by atoms with van der Waals surface area (Å²) in [5.74, 6) is 0.890. The Morgan fingerprint density at radius 3 is 1.50 bits per heavy atom. The van der Waals surface area contributed by atoms with Gasteiger partial charge in [-0.15, -0.1) is 0 Å². The monoisotopic (exact) mass is 270 g/mol. The Morgan fingerprint density at radius 1 is 0.833 bits per heavy atom. The maximum absolute atomic E-state index is 12.1. The van der Waals surface area contributed by atoms with Gasteiger partial charge in [-0.25, -0.2) is 9.13 Å². The van der Waals surface area contributed by atoms with Crippen molar-refractivity contribution in [2.75, 3.05) is 0 Å². The average Bonchev–Trinajstić information content (AvgIpc) is 2.42. The summed E-state index contributed by atoms with van der Waals surface area (Å²) < 4.78 is 24.2. The minimum atomic E-state index is -2.29. The van der Waals surface area contributed by atoms with Gasteiger partial charge in [0.2, 0.25) is 0 Å². The van der Waals surface area contributed by atoms with Crippen LogP contribution in [0.15, 0.2) is 0 Å². The quantitative estimate of drug-likeness (QED) is 0.635. The van der Waals surface area contributed by atoms with Crippen LogP contribution in [0.1, 0.15) is 77.6 Å². The molecular formula is C15H27O2P. The molecule has 2 fully saturated rings. The molecule has 2 rings (SSSR count). The molecule has 0 aromatic rings. The van der Waals surface area contributed by atoms with Crippen molar-refractivity contribution in [1.29, 1.82) is 0 Å². The van der Waals surface area contributed by atoms with Crippen LogP contribution in [0.5, 0.6) is 0 Å². The first-order valence-corrected chi connectivity index (χ1v) is 9.04. The Hall–Kier alpha value is -0.100. The van der Waals surface area contributed by atoms with Gasteiger partial charge in [0, 0.05) is 0 Å². The molecule has 0 heterocycles. The summed E-state index contributed by atoms with van der Waals surface area (Å²) in [5, 5.41) is -0.365. The maximum atomic E-state index is 12.1. The SMILES string of the molecule is CCC(C1CCCCC1)(C1CCCCC1)P(=O)=O. The zero-order valence-electron chi connectivity index (χ0n) is 11.7. The average molecular weight is 270 g/mol. The third-order valence-electron chi connectivity index (χ3n) is 5.53. The molecule has 0 aromatic carbocycles. The predicted octanol–water partition coefficient (Wildman–Crippen LogP) is 5.47. The second kappa shape index (κ2) is 6.37. The van der Waals surface area contributed by atoms with Gasteiger partial charge in [0.05, 0.1) is 5.16 Å².